The second-order valence-corrected chi connectivity index (χ2v) is 8.62. The fraction of sp³-hybridized carbons (Fsp3) is 0.143. The van der Waals surface area contributed by atoms with E-state index < -0.39 is 11.7 Å². The van der Waals surface area contributed by atoms with Crippen molar-refractivity contribution in [2.45, 2.75) is 0 Å². The van der Waals surface area contributed by atoms with Crippen molar-refractivity contribution in [1.29, 1.82) is 5.26 Å². The number of nitriles is 1. The van der Waals surface area contributed by atoms with E-state index in [-0.39, 0.29) is 52.5 Å². The summed E-state index contributed by atoms with van der Waals surface area (Å²) >= 11 is 0. The van der Waals surface area contributed by atoms with Crippen LogP contribution in [0.2, 0.25) is 0 Å². The molecule has 4 aromatic rings. The average molecular weight is 550 g/mol. The Hall–Kier alpha value is -4.72. The lowest BCUT2D eigenvalue weighted by molar-refractivity contribution is 0.0949. The summed E-state index contributed by atoms with van der Waals surface area (Å²) in [6.45, 7) is 1.11. The molecular weight excluding hydrogens is 525 g/mol. The number of carbonyl (C=O) groups is 2. The Balaban J connectivity index is 0.00000420. The molecule has 0 bridgehead atoms. The van der Waals surface area contributed by atoms with E-state index in [1.807, 2.05) is 19.0 Å². The van der Waals surface area contributed by atoms with E-state index in [4.69, 9.17) is 4.42 Å². The van der Waals surface area contributed by atoms with Gasteiger partial charge in [-0.15, -0.1) is 12.4 Å². The third-order valence-corrected chi connectivity index (χ3v) is 5.62. The number of aromatic hydroxyl groups is 1. The van der Waals surface area contributed by atoms with E-state index in [9.17, 15) is 24.3 Å². The number of carbonyl (C=O) groups excluding carboxylic acids is 2. The summed E-state index contributed by atoms with van der Waals surface area (Å²) in [5.41, 5.74) is 1.60. The molecule has 3 N–H and O–H groups in total. The highest BCUT2D eigenvalue weighted by molar-refractivity contribution is 6.03. The molecule has 2 aromatic carbocycles. The van der Waals surface area contributed by atoms with Gasteiger partial charge >= 0.3 is 0 Å². The summed E-state index contributed by atoms with van der Waals surface area (Å²) in [5, 5.41) is 25.9. The zero-order chi connectivity index (χ0) is 27.2. The molecule has 0 radical (unpaired) electrons. The van der Waals surface area contributed by atoms with Gasteiger partial charge in [0, 0.05) is 35.8 Å². The van der Waals surface area contributed by atoms with Crippen molar-refractivity contribution < 1.29 is 23.5 Å². The highest BCUT2D eigenvalue weighted by Gasteiger charge is 2.21. The number of likely N-dealkylation sites (N-methyl/N-ethyl adjacent to an activating group) is 1. The van der Waals surface area contributed by atoms with Crippen LogP contribution in [0.1, 0.15) is 26.5 Å². The predicted molar refractivity (Wildman–Crippen MR) is 146 cm³/mol. The van der Waals surface area contributed by atoms with E-state index in [0.717, 1.165) is 12.1 Å². The molecule has 9 nitrogen and oxygen atoms in total. The van der Waals surface area contributed by atoms with E-state index in [0.29, 0.717) is 29.8 Å². The number of hydrogen-bond acceptors (Lipinski definition) is 7. The molecule has 0 unspecified atom stereocenters. The molecule has 0 fully saturated rings. The first-order valence-electron chi connectivity index (χ1n) is 11.6. The van der Waals surface area contributed by atoms with Crippen LogP contribution >= 0.6 is 12.4 Å². The number of anilines is 1. The van der Waals surface area contributed by atoms with Crippen LogP contribution < -0.4 is 10.6 Å². The fourth-order valence-electron chi connectivity index (χ4n) is 3.74. The third-order valence-electron chi connectivity index (χ3n) is 5.62. The van der Waals surface area contributed by atoms with Crippen LogP contribution in [0.25, 0.3) is 22.4 Å². The third kappa shape index (κ3) is 6.78. The number of hydrogen-bond donors (Lipinski definition) is 3. The Kier molecular flexibility index (Phi) is 9.38. The Morgan fingerprint density at radius 2 is 1.87 bits per heavy atom. The van der Waals surface area contributed by atoms with Crippen LogP contribution in [-0.4, -0.2) is 54.0 Å². The lowest BCUT2D eigenvalue weighted by atomic mass is 9.96. The lowest BCUT2D eigenvalue weighted by Gasteiger charge is -2.15. The number of amides is 2. The molecule has 200 valence electrons. The predicted octanol–water partition coefficient (Wildman–Crippen LogP) is 4.69. The molecule has 0 aliphatic carbocycles. The Morgan fingerprint density at radius 3 is 2.54 bits per heavy atom. The van der Waals surface area contributed by atoms with Crippen molar-refractivity contribution >= 4 is 30.0 Å². The molecule has 2 aromatic heterocycles. The van der Waals surface area contributed by atoms with Crippen molar-refractivity contribution in [1.82, 2.24) is 15.2 Å². The van der Waals surface area contributed by atoms with Crippen LogP contribution in [0.15, 0.2) is 71.3 Å². The summed E-state index contributed by atoms with van der Waals surface area (Å²) in [6, 6.07) is 16.7. The van der Waals surface area contributed by atoms with Gasteiger partial charge in [-0.2, -0.15) is 5.26 Å². The number of nitrogens with one attached hydrogen (secondary N) is 2. The van der Waals surface area contributed by atoms with Gasteiger partial charge in [0.2, 0.25) is 0 Å². The van der Waals surface area contributed by atoms with Crippen LogP contribution in [0.3, 0.4) is 0 Å². The van der Waals surface area contributed by atoms with Crippen molar-refractivity contribution in [3.8, 4) is 34.2 Å². The number of phenols is 1. The van der Waals surface area contributed by atoms with Gasteiger partial charge in [0.15, 0.2) is 11.6 Å². The number of halogens is 2. The van der Waals surface area contributed by atoms with Gasteiger partial charge in [0.25, 0.3) is 11.8 Å². The number of pyridine rings is 1. The highest BCUT2D eigenvalue weighted by atomic mass is 35.5. The fourth-order valence-corrected chi connectivity index (χ4v) is 3.74. The molecule has 4 rings (SSSR count). The van der Waals surface area contributed by atoms with Crippen LogP contribution in [0.4, 0.5) is 10.2 Å². The van der Waals surface area contributed by atoms with E-state index in [1.165, 1.54) is 24.5 Å². The van der Waals surface area contributed by atoms with Gasteiger partial charge in [-0.05, 0) is 62.1 Å². The lowest BCUT2D eigenvalue weighted by Crippen LogP contribution is -2.31. The standard InChI is InChI=1S/C28H24FN5O4.ClH/c1-34(2)11-10-31-27(36)18-6-3-5-17(13-18)21-15-23(20-9-8-19(29)14-24(20)35)32-26(22(21)16-30)33-28(37)25-7-4-12-38-25;/h3-9,12-15,35H,10-11H2,1-2H3,(H,31,36)(H,32,33,37);1H. The number of benzene rings is 2. The molecule has 0 spiro atoms. The molecule has 0 saturated carbocycles. The highest BCUT2D eigenvalue weighted by Crippen LogP contribution is 2.36. The Bertz CT molecular complexity index is 1530. The zero-order valence-electron chi connectivity index (χ0n) is 21.1. The molecular formula is C28H25ClFN5O4. The van der Waals surface area contributed by atoms with Gasteiger partial charge < -0.3 is 25.1 Å². The summed E-state index contributed by atoms with van der Waals surface area (Å²) < 4.78 is 18.8. The van der Waals surface area contributed by atoms with Gasteiger partial charge in [-0.25, -0.2) is 9.37 Å². The van der Waals surface area contributed by atoms with Crippen molar-refractivity contribution in [3.05, 3.63) is 89.6 Å². The maximum Gasteiger partial charge on any atom is 0.292 e. The summed E-state index contributed by atoms with van der Waals surface area (Å²) in [7, 11) is 3.80. The van der Waals surface area contributed by atoms with Gasteiger partial charge in [-0.3, -0.25) is 9.59 Å². The summed E-state index contributed by atoms with van der Waals surface area (Å²) in [5.74, 6) is -2.02. The number of furan rings is 1. The maximum atomic E-state index is 13.7. The summed E-state index contributed by atoms with van der Waals surface area (Å²) in [4.78, 5) is 31.8. The summed E-state index contributed by atoms with van der Waals surface area (Å²) in [6.07, 6.45) is 1.33. The molecule has 11 heteroatoms. The van der Waals surface area contributed by atoms with Gasteiger partial charge in [-0.1, -0.05) is 12.1 Å². The number of aromatic nitrogens is 1. The molecule has 0 aliphatic rings. The van der Waals surface area contributed by atoms with E-state index in [2.05, 4.69) is 21.7 Å². The quantitative estimate of drug-likeness (QED) is 0.290. The SMILES string of the molecule is CN(C)CCNC(=O)c1cccc(-c2cc(-c3ccc(F)cc3O)nc(NC(=O)c3ccco3)c2C#N)c1.Cl. The normalized spacial score (nSPS) is 10.4. The first-order valence-corrected chi connectivity index (χ1v) is 11.6. The molecule has 2 amide bonds. The van der Waals surface area contributed by atoms with Gasteiger partial charge in [0.05, 0.1) is 12.0 Å². The van der Waals surface area contributed by atoms with Crippen LogP contribution in [0, 0.1) is 17.1 Å². The number of phenolic OH excluding ortho intramolecular Hbond substituents is 1. The second kappa shape index (κ2) is 12.7. The minimum Gasteiger partial charge on any atom is -0.507 e. The maximum absolute atomic E-state index is 13.7. The molecule has 0 saturated heterocycles. The molecule has 2 heterocycles. The zero-order valence-corrected chi connectivity index (χ0v) is 21.9. The Morgan fingerprint density at radius 1 is 1.08 bits per heavy atom. The van der Waals surface area contributed by atoms with Gasteiger partial charge in [0.1, 0.15) is 23.2 Å². The largest absolute Gasteiger partial charge is 0.507 e. The molecule has 0 aliphatic heterocycles. The monoisotopic (exact) mass is 549 g/mol. The first kappa shape index (κ1) is 28.8. The van der Waals surface area contributed by atoms with Crippen molar-refractivity contribution in [2.24, 2.45) is 0 Å². The smallest absolute Gasteiger partial charge is 0.292 e. The van der Waals surface area contributed by atoms with E-state index >= 15 is 0 Å². The minimum absolute atomic E-state index is 0. The second-order valence-electron chi connectivity index (χ2n) is 8.62. The molecule has 0 atom stereocenters. The number of nitrogens with zero attached hydrogens (tertiary/aromatic N) is 3. The number of rotatable bonds is 8. The van der Waals surface area contributed by atoms with Crippen molar-refractivity contribution in [2.75, 3.05) is 32.5 Å². The first-order chi connectivity index (χ1) is 18.3. The Labute approximate surface area is 230 Å². The van der Waals surface area contributed by atoms with Crippen LogP contribution in [0.5, 0.6) is 5.75 Å². The van der Waals surface area contributed by atoms with E-state index in [1.54, 1.807) is 30.3 Å². The topological polar surface area (TPSA) is 131 Å². The average Bonchev–Trinajstić information content (AvgIpc) is 3.43. The van der Waals surface area contributed by atoms with Crippen molar-refractivity contribution in [3.63, 3.8) is 0 Å². The molecule has 39 heavy (non-hydrogen) atoms. The minimum atomic E-state index is -0.639. The van der Waals surface area contributed by atoms with Crippen LogP contribution in [-0.2, 0) is 0 Å².